The fraction of sp³-hybridized carbons (Fsp3) is 0.188. The number of phenolic OH excluding ortho intramolecular Hbond substituents is 1. The molecule has 0 saturated carbocycles. The van der Waals surface area contributed by atoms with E-state index >= 15 is 0 Å². The molecular formula is C16H16ClNO3. The summed E-state index contributed by atoms with van der Waals surface area (Å²) in [6, 6.07) is 12.0. The molecule has 0 radical (unpaired) electrons. The fourth-order valence-corrected chi connectivity index (χ4v) is 2.07. The lowest BCUT2D eigenvalue weighted by Crippen LogP contribution is -2.25. The topological polar surface area (TPSA) is 58.6 Å². The van der Waals surface area contributed by atoms with Crippen LogP contribution in [0.5, 0.6) is 11.5 Å². The van der Waals surface area contributed by atoms with Crippen LogP contribution in [0.25, 0.3) is 0 Å². The summed E-state index contributed by atoms with van der Waals surface area (Å²) in [5, 5.41) is 12.8. The zero-order chi connectivity index (χ0) is 15.2. The zero-order valence-electron chi connectivity index (χ0n) is 11.6. The van der Waals surface area contributed by atoms with Gasteiger partial charge in [0.15, 0.2) is 0 Å². The first-order valence-electron chi connectivity index (χ1n) is 6.50. The fourth-order valence-electron chi connectivity index (χ4n) is 1.90. The lowest BCUT2D eigenvalue weighted by atomic mass is 10.1. The Morgan fingerprint density at radius 1 is 1.24 bits per heavy atom. The van der Waals surface area contributed by atoms with Crippen molar-refractivity contribution in [1.29, 1.82) is 0 Å². The van der Waals surface area contributed by atoms with Crippen LogP contribution in [0.3, 0.4) is 0 Å². The SMILES string of the molecule is COc1ccc(CCNC(=O)c2cc(Cl)ccc2O)cc1. The van der Waals surface area contributed by atoms with Gasteiger partial charge in [-0.1, -0.05) is 23.7 Å². The molecule has 0 bridgehead atoms. The highest BCUT2D eigenvalue weighted by molar-refractivity contribution is 6.31. The highest BCUT2D eigenvalue weighted by atomic mass is 35.5. The zero-order valence-corrected chi connectivity index (χ0v) is 12.4. The van der Waals surface area contributed by atoms with Gasteiger partial charge in [-0.3, -0.25) is 4.79 Å². The van der Waals surface area contributed by atoms with E-state index in [1.807, 2.05) is 24.3 Å². The van der Waals surface area contributed by atoms with E-state index in [1.54, 1.807) is 7.11 Å². The quantitative estimate of drug-likeness (QED) is 0.892. The van der Waals surface area contributed by atoms with Crippen molar-refractivity contribution < 1.29 is 14.6 Å². The number of benzene rings is 2. The monoisotopic (exact) mass is 305 g/mol. The highest BCUT2D eigenvalue weighted by Crippen LogP contribution is 2.21. The van der Waals surface area contributed by atoms with Crippen molar-refractivity contribution >= 4 is 17.5 Å². The second kappa shape index (κ2) is 6.99. The third-order valence-electron chi connectivity index (χ3n) is 3.06. The number of aromatic hydroxyl groups is 1. The summed E-state index contributed by atoms with van der Waals surface area (Å²) in [6.45, 7) is 0.469. The Morgan fingerprint density at radius 3 is 2.62 bits per heavy atom. The van der Waals surface area contributed by atoms with E-state index in [1.165, 1.54) is 18.2 Å². The minimum absolute atomic E-state index is 0.0821. The predicted molar refractivity (Wildman–Crippen MR) is 82.1 cm³/mol. The molecule has 0 atom stereocenters. The predicted octanol–water partition coefficient (Wildman–Crippen LogP) is 3.03. The molecule has 0 fully saturated rings. The van der Waals surface area contributed by atoms with Gasteiger partial charge in [0.2, 0.25) is 0 Å². The Kier molecular flexibility index (Phi) is 5.06. The van der Waals surface area contributed by atoms with Crippen LogP contribution in [0.2, 0.25) is 5.02 Å². The van der Waals surface area contributed by atoms with Gasteiger partial charge in [-0.2, -0.15) is 0 Å². The molecule has 4 nitrogen and oxygen atoms in total. The largest absolute Gasteiger partial charge is 0.507 e. The molecule has 0 spiro atoms. The summed E-state index contributed by atoms with van der Waals surface area (Å²) in [4.78, 5) is 12.0. The molecule has 110 valence electrons. The van der Waals surface area contributed by atoms with Gasteiger partial charge in [0.05, 0.1) is 12.7 Å². The first-order chi connectivity index (χ1) is 10.1. The van der Waals surface area contributed by atoms with Crippen LogP contribution in [0.15, 0.2) is 42.5 Å². The summed E-state index contributed by atoms with van der Waals surface area (Å²) in [7, 11) is 1.62. The first-order valence-corrected chi connectivity index (χ1v) is 6.87. The third-order valence-corrected chi connectivity index (χ3v) is 3.30. The molecule has 5 heteroatoms. The van der Waals surface area contributed by atoms with Crippen molar-refractivity contribution in [3.8, 4) is 11.5 Å². The maximum atomic E-state index is 12.0. The lowest BCUT2D eigenvalue weighted by molar-refractivity contribution is 0.0951. The van der Waals surface area contributed by atoms with E-state index in [0.29, 0.717) is 18.0 Å². The molecule has 0 aliphatic rings. The molecule has 0 aliphatic carbocycles. The molecule has 0 unspecified atom stereocenters. The summed E-state index contributed by atoms with van der Waals surface area (Å²) in [5.74, 6) is 0.372. The number of carbonyl (C=O) groups is 1. The number of methoxy groups -OCH3 is 1. The van der Waals surface area contributed by atoms with Crippen molar-refractivity contribution in [1.82, 2.24) is 5.32 Å². The Balaban J connectivity index is 1.90. The molecule has 0 aliphatic heterocycles. The highest BCUT2D eigenvalue weighted by Gasteiger charge is 2.11. The van der Waals surface area contributed by atoms with Crippen molar-refractivity contribution in [2.24, 2.45) is 0 Å². The van der Waals surface area contributed by atoms with E-state index in [9.17, 15) is 9.90 Å². The molecule has 21 heavy (non-hydrogen) atoms. The number of nitrogens with one attached hydrogen (secondary N) is 1. The summed E-state index contributed by atoms with van der Waals surface area (Å²) in [6.07, 6.45) is 0.692. The minimum Gasteiger partial charge on any atom is -0.507 e. The van der Waals surface area contributed by atoms with Crippen LogP contribution in [-0.4, -0.2) is 24.7 Å². The maximum Gasteiger partial charge on any atom is 0.255 e. The summed E-state index contributed by atoms with van der Waals surface area (Å²) < 4.78 is 5.08. The number of carbonyl (C=O) groups excluding carboxylic acids is 1. The average Bonchev–Trinajstić information content (AvgIpc) is 2.50. The van der Waals surface area contributed by atoms with E-state index in [4.69, 9.17) is 16.3 Å². The van der Waals surface area contributed by atoms with Gasteiger partial charge in [-0.15, -0.1) is 0 Å². The normalized spacial score (nSPS) is 10.2. The first kappa shape index (κ1) is 15.2. The van der Waals surface area contributed by atoms with E-state index in [0.717, 1.165) is 11.3 Å². The molecule has 0 saturated heterocycles. The van der Waals surface area contributed by atoms with Crippen LogP contribution >= 0.6 is 11.6 Å². The van der Waals surface area contributed by atoms with Crippen molar-refractivity contribution in [3.63, 3.8) is 0 Å². The summed E-state index contributed by atoms with van der Waals surface area (Å²) in [5.41, 5.74) is 1.27. The third kappa shape index (κ3) is 4.13. The molecule has 2 aromatic rings. The van der Waals surface area contributed by atoms with E-state index in [2.05, 4.69) is 5.32 Å². The minimum atomic E-state index is -0.344. The van der Waals surface area contributed by atoms with Crippen molar-refractivity contribution in [3.05, 3.63) is 58.6 Å². The van der Waals surface area contributed by atoms with Crippen LogP contribution in [0.1, 0.15) is 15.9 Å². The standard InChI is InChI=1S/C16H16ClNO3/c1-21-13-5-2-11(3-6-13)8-9-18-16(20)14-10-12(17)4-7-15(14)19/h2-7,10,19H,8-9H2,1H3,(H,18,20). The molecule has 2 N–H and O–H groups in total. The van der Waals surface area contributed by atoms with Crippen LogP contribution < -0.4 is 10.1 Å². The molecule has 0 heterocycles. The smallest absolute Gasteiger partial charge is 0.255 e. The summed E-state index contributed by atoms with van der Waals surface area (Å²) >= 11 is 5.82. The lowest BCUT2D eigenvalue weighted by Gasteiger charge is -2.08. The van der Waals surface area contributed by atoms with Crippen LogP contribution in [0, 0.1) is 0 Å². The van der Waals surface area contributed by atoms with Gasteiger partial charge in [0, 0.05) is 11.6 Å². The van der Waals surface area contributed by atoms with Gasteiger partial charge in [-0.25, -0.2) is 0 Å². The Hall–Kier alpha value is -2.20. The number of ether oxygens (including phenoxy) is 1. The van der Waals surface area contributed by atoms with E-state index < -0.39 is 0 Å². The number of halogens is 1. The molecule has 0 aromatic heterocycles. The molecule has 1 amide bonds. The second-order valence-corrected chi connectivity index (χ2v) is 4.95. The maximum absolute atomic E-state index is 12.0. The van der Waals surface area contributed by atoms with Gasteiger partial charge in [0.25, 0.3) is 5.91 Å². The number of hydrogen-bond acceptors (Lipinski definition) is 3. The average molecular weight is 306 g/mol. The number of rotatable bonds is 5. The van der Waals surface area contributed by atoms with Gasteiger partial charge < -0.3 is 15.2 Å². The van der Waals surface area contributed by atoms with E-state index in [-0.39, 0.29) is 17.2 Å². The molecule has 2 aromatic carbocycles. The molecule has 2 rings (SSSR count). The van der Waals surface area contributed by atoms with Gasteiger partial charge in [-0.05, 0) is 42.3 Å². The number of amides is 1. The van der Waals surface area contributed by atoms with Gasteiger partial charge >= 0.3 is 0 Å². The Morgan fingerprint density at radius 2 is 1.95 bits per heavy atom. The van der Waals surface area contributed by atoms with Crippen LogP contribution in [-0.2, 0) is 6.42 Å². The van der Waals surface area contributed by atoms with Gasteiger partial charge in [0.1, 0.15) is 11.5 Å². The Bertz CT molecular complexity index is 626. The number of phenols is 1. The van der Waals surface area contributed by atoms with Crippen molar-refractivity contribution in [2.45, 2.75) is 6.42 Å². The number of hydrogen-bond donors (Lipinski definition) is 2. The second-order valence-electron chi connectivity index (χ2n) is 4.52. The molecular weight excluding hydrogens is 290 g/mol. The van der Waals surface area contributed by atoms with Crippen LogP contribution in [0.4, 0.5) is 0 Å². The van der Waals surface area contributed by atoms with Crippen molar-refractivity contribution in [2.75, 3.05) is 13.7 Å². The Labute approximate surface area is 128 Å².